The van der Waals surface area contributed by atoms with E-state index < -0.39 is 15.6 Å². The molecule has 0 radical (unpaired) electrons. The molecule has 0 saturated carbocycles. The highest BCUT2D eigenvalue weighted by molar-refractivity contribution is 7.89. The van der Waals surface area contributed by atoms with Crippen LogP contribution in [-0.2, 0) is 10.0 Å². The van der Waals surface area contributed by atoms with Gasteiger partial charge in [-0.1, -0.05) is 0 Å². The summed E-state index contributed by atoms with van der Waals surface area (Å²) in [6, 6.07) is 6.80. The number of carbonyl (C=O) groups excluding carboxylic acids is 1. The summed E-state index contributed by atoms with van der Waals surface area (Å²) < 4.78 is 27.2. The molecule has 2 N–H and O–H groups in total. The first-order valence-corrected chi connectivity index (χ1v) is 10.5. The maximum atomic E-state index is 12.3. The molecule has 0 spiro atoms. The predicted molar refractivity (Wildman–Crippen MR) is 106 cm³/mol. The average molecular weight is 384 g/mol. The first-order chi connectivity index (χ1) is 11.8. The van der Waals surface area contributed by atoms with E-state index in [9.17, 15) is 13.2 Å². The van der Waals surface area contributed by atoms with E-state index in [0.29, 0.717) is 24.2 Å². The van der Waals surface area contributed by atoms with Gasteiger partial charge in [0.05, 0.1) is 4.90 Å². The lowest BCUT2D eigenvalue weighted by Crippen LogP contribution is -2.42. The first-order valence-electron chi connectivity index (χ1n) is 9.01. The lowest BCUT2D eigenvalue weighted by molar-refractivity contribution is 0.0939. The van der Waals surface area contributed by atoms with Gasteiger partial charge in [-0.2, -0.15) is 0 Å². The van der Waals surface area contributed by atoms with Crippen LogP contribution in [-0.4, -0.2) is 49.9 Å². The predicted octanol–water partition coefficient (Wildman–Crippen LogP) is 2.61. The standard InChI is InChI=1S/C19H33N3O3S/c1-14(2)22(15(3)4)13-12-20-18(23)16-8-10-17(11-9-16)26(24,25)21-19(5,6)7/h8-11,14-15,21H,12-13H2,1-7H3,(H,20,23). The van der Waals surface area contributed by atoms with E-state index in [2.05, 4.69) is 42.6 Å². The van der Waals surface area contributed by atoms with E-state index in [-0.39, 0.29) is 10.8 Å². The zero-order chi connectivity index (χ0) is 20.1. The second-order valence-corrected chi connectivity index (χ2v) is 9.74. The average Bonchev–Trinajstić information content (AvgIpc) is 2.48. The molecular formula is C19H33N3O3S. The van der Waals surface area contributed by atoms with E-state index in [1.165, 1.54) is 24.3 Å². The van der Waals surface area contributed by atoms with Crippen LogP contribution < -0.4 is 10.0 Å². The molecule has 0 aliphatic rings. The summed E-state index contributed by atoms with van der Waals surface area (Å²) in [5, 5.41) is 2.89. The number of amides is 1. The topological polar surface area (TPSA) is 78.5 Å². The van der Waals surface area contributed by atoms with Crippen molar-refractivity contribution >= 4 is 15.9 Å². The summed E-state index contributed by atoms with van der Waals surface area (Å²) in [6.07, 6.45) is 0. The second kappa shape index (κ2) is 8.97. The van der Waals surface area contributed by atoms with Crippen LogP contribution in [0.5, 0.6) is 0 Å². The van der Waals surface area contributed by atoms with E-state index in [1.54, 1.807) is 20.8 Å². The largest absolute Gasteiger partial charge is 0.351 e. The fourth-order valence-corrected chi connectivity index (χ4v) is 4.18. The number of hydrogen-bond acceptors (Lipinski definition) is 4. The van der Waals surface area contributed by atoms with Gasteiger partial charge in [-0.05, 0) is 72.7 Å². The summed E-state index contributed by atoms with van der Waals surface area (Å²) in [5.41, 5.74) is -0.117. The summed E-state index contributed by atoms with van der Waals surface area (Å²) in [5.74, 6) is -0.204. The number of nitrogens with zero attached hydrogens (tertiary/aromatic N) is 1. The van der Waals surface area contributed by atoms with Crippen molar-refractivity contribution in [3.05, 3.63) is 29.8 Å². The van der Waals surface area contributed by atoms with Crippen molar-refractivity contribution in [2.24, 2.45) is 0 Å². The van der Waals surface area contributed by atoms with E-state index >= 15 is 0 Å². The zero-order valence-corrected chi connectivity index (χ0v) is 17.8. The van der Waals surface area contributed by atoms with Crippen LogP contribution in [0, 0.1) is 0 Å². The minimum absolute atomic E-state index is 0.148. The van der Waals surface area contributed by atoms with Gasteiger partial charge in [0.1, 0.15) is 0 Å². The third-order valence-electron chi connectivity index (χ3n) is 3.85. The Morgan fingerprint density at radius 1 is 1.04 bits per heavy atom. The maximum Gasteiger partial charge on any atom is 0.251 e. The number of nitrogens with one attached hydrogen (secondary N) is 2. The van der Waals surface area contributed by atoms with Crippen LogP contribution in [0.3, 0.4) is 0 Å². The fraction of sp³-hybridized carbons (Fsp3) is 0.632. The van der Waals surface area contributed by atoms with Gasteiger partial charge in [0.2, 0.25) is 10.0 Å². The third-order valence-corrected chi connectivity index (χ3v) is 5.62. The highest BCUT2D eigenvalue weighted by Gasteiger charge is 2.22. The molecule has 0 atom stereocenters. The maximum absolute atomic E-state index is 12.3. The second-order valence-electron chi connectivity index (χ2n) is 8.06. The van der Waals surface area contributed by atoms with Crippen LogP contribution in [0.2, 0.25) is 0 Å². The molecule has 0 aliphatic carbocycles. The normalized spacial score (nSPS) is 12.8. The van der Waals surface area contributed by atoms with Gasteiger partial charge in [-0.3, -0.25) is 9.69 Å². The molecule has 6 nitrogen and oxygen atoms in total. The Kier molecular flexibility index (Phi) is 7.80. The Morgan fingerprint density at radius 3 is 1.96 bits per heavy atom. The molecule has 0 fully saturated rings. The Hall–Kier alpha value is -1.44. The van der Waals surface area contributed by atoms with Gasteiger partial charge in [0.25, 0.3) is 5.91 Å². The van der Waals surface area contributed by atoms with E-state index in [0.717, 1.165) is 6.54 Å². The molecule has 1 amide bonds. The zero-order valence-electron chi connectivity index (χ0n) is 17.0. The number of hydrogen-bond donors (Lipinski definition) is 2. The SMILES string of the molecule is CC(C)N(CCNC(=O)c1ccc(S(=O)(=O)NC(C)(C)C)cc1)C(C)C. The van der Waals surface area contributed by atoms with Crippen LogP contribution in [0.15, 0.2) is 29.2 Å². The van der Waals surface area contributed by atoms with Gasteiger partial charge in [0, 0.05) is 36.3 Å². The van der Waals surface area contributed by atoms with Crippen LogP contribution in [0.4, 0.5) is 0 Å². The third kappa shape index (κ3) is 7.05. The highest BCUT2D eigenvalue weighted by Crippen LogP contribution is 2.14. The number of rotatable bonds is 8. The van der Waals surface area contributed by atoms with Gasteiger partial charge >= 0.3 is 0 Å². The van der Waals surface area contributed by atoms with Gasteiger partial charge < -0.3 is 5.32 Å². The first kappa shape index (κ1) is 22.6. The van der Waals surface area contributed by atoms with Crippen molar-refractivity contribution < 1.29 is 13.2 Å². The van der Waals surface area contributed by atoms with Gasteiger partial charge in [-0.25, -0.2) is 13.1 Å². The molecule has 0 unspecified atom stereocenters. The van der Waals surface area contributed by atoms with Gasteiger partial charge in [-0.15, -0.1) is 0 Å². The van der Waals surface area contributed by atoms with Crippen molar-refractivity contribution in [3.63, 3.8) is 0 Å². The molecule has 1 aromatic rings. The smallest absolute Gasteiger partial charge is 0.251 e. The lowest BCUT2D eigenvalue weighted by atomic mass is 10.1. The monoisotopic (exact) mass is 383 g/mol. The van der Waals surface area contributed by atoms with E-state index in [1.807, 2.05) is 0 Å². The number of carbonyl (C=O) groups is 1. The number of benzene rings is 1. The molecular weight excluding hydrogens is 350 g/mol. The highest BCUT2D eigenvalue weighted by atomic mass is 32.2. The van der Waals surface area contributed by atoms with Crippen molar-refractivity contribution in [1.82, 2.24) is 14.9 Å². The molecule has 0 saturated heterocycles. The van der Waals surface area contributed by atoms with Crippen molar-refractivity contribution in [2.75, 3.05) is 13.1 Å². The Morgan fingerprint density at radius 2 is 1.54 bits per heavy atom. The number of sulfonamides is 1. The van der Waals surface area contributed by atoms with Crippen LogP contribution in [0.25, 0.3) is 0 Å². The summed E-state index contributed by atoms with van der Waals surface area (Å²) >= 11 is 0. The molecule has 0 bridgehead atoms. The van der Waals surface area contributed by atoms with Crippen LogP contribution in [0.1, 0.15) is 58.8 Å². The fourth-order valence-electron chi connectivity index (χ4n) is 2.76. The summed E-state index contributed by atoms with van der Waals surface area (Å²) in [6.45, 7) is 15.2. The molecule has 26 heavy (non-hydrogen) atoms. The lowest BCUT2D eigenvalue weighted by Gasteiger charge is -2.30. The minimum Gasteiger partial charge on any atom is -0.351 e. The molecule has 148 valence electrons. The Labute approximate surface area is 158 Å². The molecule has 0 heterocycles. The molecule has 0 aromatic heterocycles. The van der Waals surface area contributed by atoms with Crippen molar-refractivity contribution in [1.29, 1.82) is 0 Å². The summed E-state index contributed by atoms with van der Waals surface area (Å²) in [7, 11) is -3.60. The Balaban J connectivity index is 2.70. The molecule has 1 rings (SSSR count). The van der Waals surface area contributed by atoms with Gasteiger partial charge in [0.15, 0.2) is 0 Å². The molecule has 7 heteroatoms. The van der Waals surface area contributed by atoms with Crippen molar-refractivity contribution in [2.45, 2.75) is 71.0 Å². The quantitative estimate of drug-likeness (QED) is 0.723. The molecule has 1 aromatic carbocycles. The Bertz CT molecular complexity index is 682. The van der Waals surface area contributed by atoms with Crippen molar-refractivity contribution in [3.8, 4) is 0 Å². The summed E-state index contributed by atoms with van der Waals surface area (Å²) in [4.78, 5) is 14.7. The molecule has 0 aliphatic heterocycles. The van der Waals surface area contributed by atoms with E-state index in [4.69, 9.17) is 0 Å². The van der Waals surface area contributed by atoms with Crippen LogP contribution >= 0.6 is 0 Å². The minimum atomic E-state index is -3.60.